The van der Waals surface area contributed by atoms with Crippen LogP contribution in [0.25, 0.3) is 0 Å². The third-order valence-corrected chi connectivity index (χ3v) is 2.67. The average Bonchev–Trinajstić information content (AvgIpc) is 2.87. The first-order valence-electron chi connectivity index (χ1n) is 5.44. The highest BCUT2D eigenvalue weighted by Gasteiger charge is 2.23. The van der Waals surface area contributed by atoms with E-state index in [2.05, 4.69) is 23.3 Å². The summed E-state index contributed by atoms with van der Waals surface area (Å²) < 4.78 is 0. The fraction of sp³-hybridized carbons (Fsp3) is 0.583. The van der Waals surface area contributed by atoms with Crippen molar-refractivity contribution in [2.24, 2.45) is 5.92 Å². The molecule has 2 nitrogen and oxygen atoms in total. The van der Waals surface area contributed by atoms with E-state index >= 15 is 0 Å². The quantitative estimate of drug-likeness (QED) is 0.789. The Morgan fingerprint density at radius 3 is 2.93 bits per heavy atom. The summed E-state index contributed by atoms with van der Waals surface area (Å²) >= 11 is 0. The Kier molecular flexibility index (Phi) is 2.71. The highest BCUT2D eigenvalue weighted by molar-refractivity contribution is 5.36. The number of nitrogens with one attached hydrogen (secondary N) is 1. The largest absolute Gasteiger partial charge is 0.368 e. The number of hydrogen-bond donors (Lipinski definition) is 1. The summed E-state index contributed by atoms with van der Waals surface area (Å²) in [6, 6.07) is 6.67. The number of pyridine rings is 1. The molecule has 0 radical (unpaired) electrons. The molecular formula is C12H18N2. The fourth-order valence-corrected chi connectivity index (χ4v) is 1.79. The number of aromatic nitrogens is 1. The Bertz CT molecular complexity index is 305. The van der Waals surface area contributed by atoms with Crippen LogP contribution in [0.15, 0.2) is 18.2 Å². The van der Waals surface area contributed by atoms with E-state index in [1.54, 1.807) is 0 Å². The summed E-state index contributed by atoms with van der Waals surface area (Å²) in [5.74, 6) is 1.99. The van der Waals surface area contributed by atoms with E-state index in [9.17, 15) is 0 Å². The molecule has 1 aromatic rings. The van der Waals surface area contributed by atoms with Gasteiger partial charge in [-0.2, -0.15) is 0 Å². The topological polar surface area (TPSA) is 24.9 Å². The van der Waals surface area contributed by atoms with Gasteiger partial charge in [-0.25, -0.2) is 4.98 Å². The first-order valence-corrected chi connectivity index (χ1v) is 5.44. The Morgan fingerprint density at radius 1 is 1.50 bits per heavy atom. The molecule has 1 fully saturated rings. The maximum atomic E-state index is 4.43. The van der Waals surface area contributed by atoms with Gasteiger partial charge >= 0.3 is 0 Å². The summed E-state index contributed by atoms with van der Waals surface area (Å²) in [6.07, 6.45) is 4.14. The van der Waals surface area contributed by atoms with Gasteiger partial charge in [0.05, 0.1) is 0 Å². The molecule has 1 aromatic heterocycles. The second-order valence-electron chi connectivity index (χ2n) is 4.39. The molecular weight excluding hydrogens is 172 g/mol. The lowest BCUT2D eigenvalue weighted by molar-refractivity contribution is 0.640. The van der Waals surface area contributed by atoms with Crippen LogP contribution in [-0.2, 0) is 0 Å². The van der Waals surface area contributed by atoms with E-state index in [0.29, 0.717) is 6.04 Å². The van der Waals surface area contributed by atoms with Crippen LogP contribution in [0.1, 0.15) is 31.9 Å². The minimum atomic E-state index is 0.553. The van der Waals surface area contributed by atoms with E-state index in [4.69, 9.17) is 0 Å². The van der Waals surface area contributed by atoms with Gasteiger partial charge in [-0.3, -0.25) is 0 Å². The van der Waals surface area contributed by atoms with Gasteiger partial charge in [0.25, 0.3) is 0 Å². The zero-order valence-corrected chi connectivity index (χ0v) is 8.96. The summed E-state index contributed by atoms with van der Waals surface area (Å²) in [6.45, 7) is 4.26. The fourth-order valence-electron chi connectivity index (χ4n) is 1.79. The molecule has 1 N–H and O–H groups in total. The zero-order valence-electron chi connectivity index (χ0n) is 8.96. The molecule has 1 unspecified atom stereocenters. The SMILES string of the molecule is Cc1cccc(NC(C)CC2CC2)n1. The van der Waals surface area contributed by atoms with Gasteiger partial charge in [-0.15, -0.1) is 0 Å². The number of rotatable bonds is 4. The maximum absolute atomic E-state index is 4.43. The summed E-state index contributed by atoms with van der Waals surface area (Å²) in [5.41, 5.74) is 1.08. The Balaban J connectivity index is 1.88. The van der Waals surface area contributed by atoms with E-state index in [-0.39, 0.29) is 0 Å². The molecule has 1 aliphatic rings. The molecule has 0 bridgehead atoms. The third-order valence-electron chi connectivity index (χ3n) is 2.67. The van der Waals surface area contributed by atoms with E-state index in [0.717, 1.165) is 17.4 Å². The van der Waals surface area contributed by atoms with E-state index in [1.807, 2.05) is 19.1 Å². The van der Waals surface area contributed by atoms with Crippen molar-refractivity contribution < 1.29 is 0 Å². The van der Waals surface area contributed by atoms with Crippen molar-refractivity contribution in [3.8, 4) is 0 Å². The van der Waals surface area contributed by atoms with Crippen LogP contribution in [-0.4, -0.2) is 11.0 Å². The van der Waals surface area contributed by atoms with Crippen molar-refractivity contribution in [1.82, 2.24) is 4.98 Å². The standard InChI is InChI=1S/C12H18N2/c1-9-4-3-5-12(13-9)14-10(2)8-11-6-7-11/h3-5,10-11H,6-8H2,1-2H3,(H,13,14). The molecule has 0 amide bonds. The summed E-state index contributed by atoms with van der Waals surface area (Å²) in [4.78, 5) is 4.43. The molecule has 0 saturated heterocycles. The molecule has 0 aliphatic heterocycles. The number of hydrogen-bond acceptors (Lipinski definition) is 2. The van der Waals surface area contributed by atoms with Crippen LogP contribution < -0.4 is 5.32 Å². The molecule has 2 heteroatoms. The Morgan fingerprint density at radius 2 is 2.29 bits per heavy atom. The van der Waals surface area contributed by atoms with Crippen LogP contribution in [0.2, 0.25) is 0 Å². The minimum absolute atomic E-state index is 0.553. The lowest BCUT2D eigenvalue weighted by atomic mass is 10.1. The number of nitrogens with zero attached hydrogens (tertiary/aromatic N) is 1. The number of aryl methyl sites for hydroxylation is 1. The first kappa shape index (κ1) is 9.50. The predicted molar refractivity (Wildman–Crippen MR) is 59.4 cm³/mol. The van der Waals surface area contributed by atoms with Gasteiger partial charge in [-0.05, 0) is 38.3 Å². The second kappa shape index (κ2) is 3.99. The van der Waals surface area contributed by atoms with E-state index in [1.165, 1.54) is 19.3 Å². The average molecular weight is 190 g/mol. The molecule has 1 saturated carbocycles. The molecule has 76 valence electrons. The van der Waals surface area contributed by atoms with Crippen LogP contribution in [0.5, 0.6) is 0 Å². The Labute approximate surface area is 85.7 Å². The molecule has 1 aliphatic carbocycles. The van der Waals surface area contributed by atoms with Gasteiger partial charge in [-0.1, -0.05) is 18.9 Å². The van der Waals surface area contributed by atoms with Crippen molar-refractivity contribution in [2.45, 2.75) is 39.2 Å². The molecule has 2 rings (SSSR count). The second-order valence-corrected chi connectivity index (χ2v) is 4.39. The lowest BCUT2D eigenvalue weighted by Crippen LogP contribution is -2.16. The van der Waals surface area contributed by atoms with Gasteiger partial charge in [0.15, 0.2) is 0 Å². The minimum Gasteiger partial charge on any atom is -0.368 e. The molecule has 1 heterocycles. The van der Waals surface area contributed by atoms with Gasteiger partial charge in [0.1, 0.15) is 5.82 Å². The molecule has 0 aromatic carbocycles. The van der Waals surface area contributed by atoms with Crippen molar-refractivity contribution in [3.05, 3.63) is 23.9 Å². The first-order chi connectivity index (χ1) is 6.74. The van der Waals surface area contributed by atoms with Crippen LogP contribution in [0.4, 0.5) is 5.82 Å². The van der Waals surface area contributed by atoms with Crippen LogP contribution >= 0.6 is 0 Å². The van der Waals surface area contributed by atoms with Crippen LogP contribution in [0.3, 0.4) is 0 Å². The van der Waals surface area contributed by atoms with Crippen molar-refractivity contribution >= 4 is 5.82 Å². The summed E-state index contributed by atoms with van der Waals surface area (Å²) in [5, 5.41) is 3.44. The maximum Gasteiger partial charge on any atom is 0.126 e. The van der Waals surface area contributed by atoms with Gasteiger partial charge in [0.2, 0.25) is 0 Å². The normalized spacial score (nSPS) is 17.9. The smallest absolute Gasteiger partial charge is 0.126 e. The van der Waals surface area contributed by atoms with Gasteiger partial charge < -0.3 is 5.32 Å². The van der Waals surface area contributed by atoms with Crippen molar-refractivity contribution in [2.75, 3.05) is 5.32 Å². The Hall–Kier alpha value is -1.05. The third kappa shape index (κ3) is 2.72. The molecule has 14 heavy (non-hydrogen) atoms. The highest BCUT2D eigenvalue weighted by Crippen LogP contribution is 2.33. The van der Waals surface area contributed by atoms with Crippen LogP contribution in [0, 0.1) is 12.8 Å². The summed E-state index contributed by atoms with van der Waals surface area (Å²) in [7, 11) is 0. The van der Waals surface area contributed by atoms with E-state index < -0.39 is 0 Å². The predicted octanol–water partition coefficient (Wildman–Crippen LogP) is 2.99. The zero-order chi connectivity index (χ0) is 9.97. The highest BCUT2D eigenvalue weighted by atomic mass is 15.0. The molecule has 0 spiro atoms. The lowest BCUT2D eigenvalue weighted by Gasteiger charge is -2.13. The van der Waals surface area contributed by atoms with Crippen molar-refractivity contribution in [1.29, 1.82) is 0 Å². The number of anilines is 1. The monoisotopic (exact) mass is 190 g/mol. The van der Waals surface area contributed by atoms with Gasteiger partial charge in [0, 0.05) is 11.7 Å². The van der Waals surface area contributed by atoms with Crippen molar-refractivity contribution in [3.63, 3.8) is 0 Å². The molecule has 1 atom stereocenters.